The van der Waals surface area contributed by atoms with Crippen molar-refractivity contribution in [1.29, 1.82) is 0 Å². The highest BCUT2D eigenvalue weighted by atomic mass is 79.9. The summed E-state index contributed by atoms with van der Waals surface area (Å²) in [5, 5.41) is 5.31. The first-order valence-corrected chi connectivity index (χ1v) is 7.44. The predicted molar refractivity (Wildman–Crippen MR) is 91.8 cm³/mol. The summed E-state index contributed by atoms with van der Waals surface area (Å²) in [7, 11) is 0. The number of ketones is 1. The van der Waals surface area contributed by atoms with Crippen LogP contribution >= 0.6 is 15.9 Å². The number of carbonyl (C=O) groups is 2. The quantitative estimate of drug-likeness (QED) is 0.793. The summed E-state index contributed by atoms with van der Waals surface area (Å²) in [5.74, 6) is -0.00652. The third-order valence-electron chi connectivity index (χ3n) is 2.89. The van der Waals surface area contributed by atoms with Gasteiger partial charge in [-0.05, 0) is 55.0 Å². The number of amides is 2. The SMILES string of the molecule is CC(=O)c1ccc(NC(=O)N/C=C/c2cccc(Br)c2)cc1. The van der Waals surface area contributed by atoms with Crippen LogP contribution in [-0.4, -0.2) is 11.8 Å². The molecule has 0 aromatic heterocycles. The summed E-state index contributed by atoms with van der Waals surface area (Å²) in [6.45, 7) is 1.50. The summed E-state index contributed by atoms with van der Waals surface area (Å²) in [6, 6.07) is 14.1. The Balaban J connectivity index is 1.89. The molecule has 0 spiro atoms. The fraction of sp³-hybridized carbons (Fsp3) is 0.0588. The molecule has 2 aromatic carbocycles. The van der Waals surface area contributed by atoms with Gasteiger partial charge in [0.15, 0.2) is 5.78 Å². The average molecular weight is 359 g/mol. The number of nitrogens with one attached hydrogen (secondary N) is 2. The van der Waals surface area contributed by atoms with E-state index in [1.807, 2.05) is 24.3 Å². The Hall–Kier alpha value is -2.40. The Kier molecular flexibility index (Phi) is 5.49. The Morgan fingerprint density at radius 2 is 1.82 bits per heavy atom. The average Bonchev–Trinajstić information content (AvgIpc) is 2.48. The second-order valence-electron chi connectivity index (χ2n) is 4.62. The van der Waals surface area contributed by atoms with Gasteiger partial charge in [-0.3, -0.25) is 4.79 Å². The second-order valence-corrected chi connectivity index (χ2v) is 5.54. The van der Waals surface area contributed by atoms with Crippen LogP contribution in [-0.2, 0) is 0 Å². The molecule has 4 nitrogen and oxygen atoms in total. The number of urea groups is 1. The van der Waals surface area contributed by atoms with Gasteiger partial charge in [-0.1, -0.05) is 28.1 Å². The van der Waals surface area contributed by atoms with Crippen molar-refractivity contribution in [2.75, 3.05) is 5.32 Å². The van der Waals surface area contributed by atoms with Crippen LogP contribution in [0.4, 0.5) is 10.5 Å². The van der Waals surface area contributed by atoms with E-state index in [1.54, 1.807) is 36.5 Å². The molecule has 0 radical (unpaired) electrons. The summed E-state index contributed by atoms with van der Waals surface area (Å²) < 4.78 is 0.977. The second kappa shape index (κ2) is 7.56. The van der Waals surface area contributed by atoms with E-state index in [-0.39, 0.29) is 11.8 Å². The summed E-state index contributed by atoms with van der Waals surface area (Å²) in [5.41, 5.74) is 2.21. The van der Waals surface area contributed by atoms with E-state index >= 15 is 0 Å². The first-order chi connectivity index (χ1) is 10.5. The molecule has 0 heterocycles. The van der Waals surface area contributed by atoms with Crippen molar-refractivity contribution >= 4 is 39.5 Å². The van der Waals surface area contributed by atoms with Gasteiger partial charge in [0.2, 0.25) is 0 Å². The van der Waals surface area contributed by atoms with Gasteiger partial charge in [0.05, 0.1) is 0 Å². The van der Waals surface area contributed by atoms with Gasteiger partial charge < -0.3 is 10.6 Å². The third-order valence-corrected chi connectivity index (χ3v) is 3.38. The van der Waals surface area contributed by atoms with Gasteiger partial charge in [0.1, 0.15) is 0 Å². The smallest absolute Gasteiger partial charge is 0.314 e. The van der Waals surface area contributed by atoms with Crippen molar-refractivity contribution in [3.63, 3.8) is 0 Å². The maximum absolute atomic E-state index is 11.7. The third kappa shape index (κ3) is 4.86. The van der Waals surface area contributed by atoms with Crippen molar-refractivity contribution < 1.29 is 9.59 Å². The molecule has 2 aromatic rings. The van der Waals surface area contributed by atoms with E-state index in [0.29, 0.717) is 11.3 Å². The van der Waals surface area contributed by atoms with Crippen LogP contribution < -0.4 is 10.6 Å². The van der Waals surface area contributed by atoms with Gasteiger partial charge in [-0.2, -0.15) is 0 Å². The lowest BCUT2D eigenvalue weighted by Gasteiger charge is -2.05. The maximum Gasteiger partial charge on any atom is 0.323 e. The highest BCUT2D eigenvalue weighted by molar-refractivity contribution is 9.10. The fourth-order valence-electron chi connectivity index (χ4n) is 1.78. The number of Topliss-reactive ketones (excluding diaryl/α,β-unsaturated/α-hetero) is 1. The Bertz CT molecular complexity index is 709. The molecule has 0 saturated carbocycles. The topological polar surface area (TPSA) is 58.2 Å². The molecule has 22 heavy (non-hydrogen) atoms. The molecule has 0 aliphatic carbocycles. The molecule has 0 atom stereocenters. The first-order valence-electron chi connectivity index (χ1n) is 6.65. The maximum atomic E-state index is 11.7. The Morgan fingerprint density at radius 1 is 1.09 bits per heavy atom. The molecule has 0 saturated heterocycles. The molecular weight excluding hydrogens is 344 g/mol. The highest BCUT2D eigenvalue weighted by Gasteiger charge is 2.01. The Morgan fingerprint density at radius 3 is 2.45 bits per heavy atom. The molecule has 0 bridgehead atoms. The normalized spacial score (nSPS) is 10.5. The zero-order valence-electron chi connectivity index (χ0n) is 12.0. The number of hydrogen-bond donors (Lipinski definition) is 2. The molecule has 0 unspecified atom stereocenters. The highest BCUT2D eigenvalue weighted by Crippen LogP contribution is 2.12. The van der Waals surface area contributed by atoms with Crippen LogP contribution in [0.25, 0.3) is 6.08 Å². The minimum Gasteiger partial charge on any atom is -0.314 e. The van der Waals surface area contributed by atoms with Gasteiger partial charge in [-0.25, -0.2) is 4.79 Å². The predicted octanol–water partition coefficient (Wildman–Crippen LogP) is 4.44. The number of rotatable bonds is 4. The number of benzene rings is 2. The van der Waals surface area contributed by atoms with Crippen molar-refractivity contribution in [3.8, 4) is 0 Å². The van der Waals surface area contributed by atoms with Gasteiger partial charge in [0, 0.05) is 21.9 Å². The van der Waals surface area contributed by atoms with Crippen molar-refractivity contribution in [2.24, 2.45) is 0 Å². The summed E-state index contributed by atoms with van der Waals surface area (Å²) in [4.78, 5) is 22.9. The molecule has 0 aliphatic rings. The van der Waals surface area contributed by atoms with E-state index in [2.05, 4.69) is 26.6 Å². The standard InChI is InChI=1S/C17H15BrN2O2/c1-12(21)14-5-7-16(8-6-14)20-17(22)19-10-9-13-3-2-4-15(18)11-13/h2-11H,1H3,(H2,19,20,22)/b10-9+. The molecule has 0 fully saturated rings. The summed E-state index contributed by atoms with van der Waals surface area (Å²) >= 11 is 3.39. The molecule has 5 heteroatoms. The zero-order valence-corrected chi connectivity index (χ0v) is 13.6. The molecule has 112 valence electrons. The van der Waals surface area contributed by atoms with Crippen molar-refractivity contribution in [2.45, 2.75) is 6.92 Å². The molecule has 2 N–H and O–H groups in total. The molecular formula is C17H15BrN2O2. The zero-order chi connectivity index (χ0) is 15.9. The summed E-state index contributed by atoms with van der Waals surface area (Å²) in [6.07, 6.45) is 3.37. The number of anilines is 1. The van der Waals surface area contributed by atoms with Crippen LogP contribution in [0.15, 0.2) is 59.2 Å². The molecule has 2 amide bonds. The van der Waals surface area contributed by atoms with Crippen molar-refractivity contribution in [1.82, 2.24) is 5.32 Å². The monoisotopic (exact) mass is 358 g/mol. The first kappa shape index (κ1) is 16.0. The van der Waals surface area contributed by atoms with E-state index < -0.39 is 0 Å². The lowest BCUT2D eigenvalue weighted by atomic mass is 10.1. The molecule has 2 rings (SSSR count). The van der Waals surface area contributed by atoms with E-state index in [9.17, 15) is 9.59 Å². The van der Waals surface area contributed by atoms with Gasteiger partial charge in [0.25, 0.3) is 0 Å². The van der Waals surface area contributed by atoms with Crippen LogP contribution in [0.1, 0.15) is 22.8 Å². The molecule has 0 aliphatic heterocycles. The van der Waals surface area contributed by atoms with E-state index in [0.717, 1.165) is 10.0 Å². The number of carbonyl (C=O) groups excluding carboxylic acids is 2. The van der Waals surface area contributed by atoms with Crippen LogP contribution in [0, 0.1) is 0 Å². The van der Waals surface area contributed by atoms with E-state index in [1.165, 1.54) is 6.92 Å². The van der Waals surface area contributed by atoms with Crippen LogP contribution in [0.5, 0.6) is 0 Å². The van der Waals surface area contributed by atoms with Gasteiger partial charge in [-0.15, -0.1) is 0 Å². The fourth-order valence-corrected chi connectivity index (χ4v) is 2.20. The van der Waals surface area contributed by atoms with Crippen LogP contribution in [0.2, 0.25) is 0 Å². The lowest BCUT2D eigenvalue weighted by Crippen LogP contribution is -2.23. The van der Waals surface area contributed by atoms with Gasteiger partial charge >= 0.3 is 6.03 Å². The number of halogens is 1. The Labute approximate surface area is 137 Å². The van der Waals surface area contributed by atoms with Crippen molar-refractivity contribution in [3.05, 3.63) is 70.3 Å². The van der Waals surface area contributed by atoms with Crippen LogP contribution in [0.3, 0.4) is 0 Å². The lowest BCUT2D eigenvalue weighted by molar-refractivity contribution is 0.101. The largest absolute Gasteiger partial charge is 0.323 e. The number of hydrogen-bond acceptors (Lipinski definition) is 2. The van der Waals surface area contributed by atoms with E-state index in [4.69, 9.17) is 0 Å². The minimum atomic E-state index is -0.346. The minimum absolute atomic E-state index is 0.00652.